The largest absolute Gasteiger partial charge is 0.395 e. The van der Waals surface area contributed by atoms with Crippen LogP contribution in [-0.4, -0.2) is 35.7 Å². The molecule has 3 nitrogen and oxygen atoms in total. The highest BCUT2D eigenvalue weighted by Crippen LogP contribution is 2.25. The summed E-state index contributed by atoms with van der Waals surface area (Å²) >= 11 is 0. The van der Waals surface area contributed by atoms with Crippen LogP contribution in [0.25, 0.3) is 0 Å². The van der Waals surface area contributed by atoms with Crippen molar-refractivity contribution >= 4 is 0 Å². The number of aliphatic hydroxyl groups excluding tert-OH is 1. The zero-order valence-electron chi connectivity index (χ0n) is 11.9. The molecule has 0 radical (unpaired) electrons. The molecule has 0 aliphatic heterocycles. The van der Waals surface area contributed by atoms with Gasteiger partial charge in [0.25, 0.3) is 0 Å². The van der Waals surface area contributed by atoms with Gasteiger partial charge in [-0.1, -0.05) is 36.8 Å². The van der Waals surface area contributed by atoms with Gasteiger partial charge < -0.3 is 10.8 Å². The number of likely N-dealkylation sites (N-methyl/N-ethyl adjacent to an activating group) is 1. The molecule has 0 saturated heterocycles. The van der Waals surface area contributed by atoms with E-state index in [2.05, 4.69) is 43.0 Å². The number of nitrogens with two attached hydrogens (primary N) is 1. The van der Waals surface area contributed by atoms with Gasteiger partial charge in [0.15, 0.2) is 0 Å². The van der Waals surface area contributed by atoms with Crippen molar-refractivity contribution in [1.82, 2.24) is 4.90 Å². The summed E-state index contributed by atoms with van der Waals surface area (Å²) in [7, 11) is 2.03. The molecule has 0 saturated carbocycles. The van der Waals surface area contributed by atoms with Crippen LogP contribution in [0.3, 0.4) is 0 Å². The summed E-state index contributed by atoms with van der Waals surface area (Å²) in [5, 5.41) is 9.32. The Bertz CT molecular complexity index is 350. The van der Waals surface area contributed by atoms with Crippen molar-refractivity contribution < 1.29 is 5.11 Å². The van der Waals surface area contributed by atoms with Crippen molar-refractivity contribution in [2.24, 2.45) is 5.73 Å². The minimum Gasteiger partial charge on any atom is -0.395 e. The first-order valence-electron chi connectivity index (χ1n) is 6.66. The van der Waals surface area contributed by atoms with Gasteiger partial charge in [-0.3, -0.25) is 4.90 Å². The molecule has 1 aromatic rings. The second-order valence-electron chi connectivity index (χ2n) is 5.12. The average molecular weight is 250 g/mol. The molecule has 0 aromatic heterocycles. The van der Waals surface area contributed by atoms with Crippen molar-refractivity contribution in [3.05, 3.63) is 35.4 Å². The van der Waals surface area contributed by atoms with Crippen LogP contribution in [0.15, 0.2) is 24.3 Å². The Kier molecular flexibility index (Phi) is 5.79. The third-order valence-electron chi connectivity index (χ3n) is 3.69. The van der Waals surface area contributed by atoms with Crippen LogP contribution in [0.1, 0.15) is 37.4 Å². The van der Waals surface area contributed by atoms with Crippen LogP contribution in [0.2, 0.25) is 0 Å². The van der Waals surface area contributed by atoms with Crippen molar-refractivity contribution in [1.29, 1.82) is 0 Å². The van der Waals surface area contributed by atoms with Crippen molar-refractivity contribution in [2.45, 2.75) is 45.3 Å². The molecule has 1 rings (SSSR count). The molecular weight excluding hydrogens is 224 g/mol. The van der Waals surface area contributed by atoms with E-state index in [1.54, 1.807) is 0 Å². The molecule has 18 heavy (non-hydrogen) atoms. The van der Waals surface area contributed by atoms with Crippen molar-refractivity contribution in [2.75, 3.05) is 13.7 Å². The summed E-state index contributed by atoms with van der Waals surface area (Å²) < 4.78 is 0. The molecule has 0 aliphatic carbocycles. The number of aryl methyl sites for hydroxylation is 1. The first-order chi connectivity index (χ1) is 8.51. The Morgan fingerprint density at radius 1 is 1.28 bits per heavy atom. The summed E-state index contributed by atoms with van der Waals surface area (Å²) in [4.78, 5) is 2.17. The Labute approximate surface area is 111 Å². The molecule has 0 aliphatic rings. The Morgan fingerprint density at radius 3 is 2.28 bits per heavy atom. The van der Waals surface area contributed by atoms with Crippen molar-refractivity contribution in [3.63, 3.8) is 0 Å². The SMILES string of the molecule is CCC(N)C(c1ccc(C)cc1)N(C)C(C)CO. The van der Waals surface area contributed by atoms with Crippen LogP contribution >= 0.6 is 0 Å². The number of hydrogen-bond acceptors (Lipinski definition) is 3. The highest BCUT2D eigenvalue weighted by molar-refractivity contribution is 5.25. The predicted octanol–water partition coefficient (Wildman–Crippen LogP) is 2.09. The van der Waals surface area contributed by atoms with Crippen LogP contribution in [-0.2, 0) is 0 Å². The van der Waals surface area contributed by atoms with Gasteiger partial charge >= 0.3 is 0 Å². The van der Waals surface area contributed by atoms with E-state index in [0.29, 0.717) is 0 Å². The third kappa shape index (κ3) is 3.55. The molecule has 3 unspecified atom stereocenters. The maximum atomic E-state index is 9.32. The van der Waals surface area contributed by atoms with Crippen LogP contribution in [0.4, 0.5) is 0 Å². The number of aliphatic hydroxyl groups is 1. The molecule has 3 N–H and O–H groups in total. The van der Waals surface area contributed by atoms with E-state index in [-0.39, 0.29) is 24.7 Å². The lowest BCUT2D eigenvalue weighted by Crippen LogP contribution is -2.44. The van der Waals surface area contributed by atoms with Crippen LogP contribution in [0, 0.1) is 6.92 Å². The topological polar surface area (TPSA) is 49.5 Å². The second kappa shape index (κ2) is 6.88. The number of hydrogen-bond donors (Lipinski definition) is 2. The smallest absolute Gasteiger partial charge is 0.0584 e. The Hall–Kier alpha value is -0.900. The maximum Gasteiger partial charge on any atom is 0.0584 e. The fraction of sp³-hybridized carbons (Fsp3) is 0.600. The van der Waals surface area contributed by atoms with Gasteiger partial charge in [0.05, 0.1) is 6.61 Å². The molecule has 0 fully saturated rings. The first kappa shape index (κ1) is 15.2. The highest BCUT2D eigenvalue weighted by Gasteiger charge is 2.25. The fourth-order valence-corrected chi connectivity index (χ4v) is 2.17. The van der Waals surface area contributed by atoms with Crippen LogP contribution < -0.4 is 5.73 Å². The molecule has 0 bridgehead atoms. The van der Waals surface area contributed by atoms with Crippen LogP contribution in [0.5, 0.6) is 0 Å². The standard InChI is InChI=1S/C15H26N2O/c1-5-14(16)15(17(4)12(3)10-18)13-8-6-11(2)7-9-13/h6-9,12,14-15,18H,5,10,16H2,1-4H3. The Morgan fingerprint density at radius 2 is 1.83 bits per heavy atom. The summed E-state index contributed by atoms with van der Waals surface area (Å²) in [6, 6.07) is 8.83. The summed E-state index contributed by atoms with van der Waals surface area (Å²) in [6.45, 7) is 6.35. The zero-order valence-corrected chi connectivity index (χ0v) is 11.9. The summed E-state index contributed by atoms with van der Waals surface area (Å²) in [6.07, 6.45) is 0.918. The Balaban J connectivity index is 3.01. The predicted molar refractivity (Wildman–Crippen MR) is 76.5 cm³/mol. The van der Waals surface area contributed by atoms with E-state index in [0.717, 1.165) is 6.42 Å². The first-order valence-corrected chi connectivity index (χ1v) is 6.66. The lowest BCUT2D eigenvalue weighted by molar-refractivity contribution is 0.105. The van der Waals surface area contributed by atoms with E-state index in [4.69, 9.17) is 5.73 Å². The molecule has 0 heterocycles. The third-order valence-corrected chi connectivity index (χ3v) is 3.69. The van der Waals surface area contributed by atoms with Gasteiger partial charge in [-0.2, -0.15) is 0 Å². The van der Waals surface area contributed by atoms with E-state index in [9.17, 15) is 5.11 Å². The van der Waals surface area contributed by atoms with Gasteiger partial charge in [-0.05, 0) is 32.9 Å². The average Bonchev–Trinajstić information content (AvgIpc) is 2.39. The molecule has 102 valence electrons. The molecular formula is C15H26N2O. The molecule has 3 atom stereocenters. The van der Waals surface area contributed by atoms with E-state index >= 15 is 0 Å². The molecule has 0 amide bonds. The lowest BCUT2D eigenvalue weighted by atomic mass is 9.95. The van der Waals surface area contributed by atoms with E-state index in [1.807, 2.05) is 14.0 Å². The summed E-state index contributed by atoms with van der Waals surface area (Å²) in [5.41, 5.74) is 8.73. The molecule has 0 spiro atoms. The molecule has 3 heteroatoms. The molecule has 1 aromatic carbocycles. The van der Waals surface area contributed by atoms with Gasteiger partial charge in [0, 0.05) is 18.1 Å². The van der Waals surface area contributed by atoms with E-state index < -0.39 is 0 Å². The second-order valence-corrected chi connectivity index (χ2v) is 5.12. The number of benzene rings is 1. The number of rotatable bonds is 6. The normalized spacial score (nSPS) is 16.6. The van der Waals surface area contributed by atoms with Gasteiger partial charge in [-0.15, -0.1) is 0 Å². The summed E-state index contributed by atoms with van der Waals surface area (Å²) in [5.74, 6) is 0. The van der Waals surface area contributed by atoms with E-state index in [1.165, 1.54) is 11.1 Å². The quantitative estimate of drug-likeness (QED) is 0.813. The minimum atomic E-state index is 0.0757. The van der Waals surface area contributed by atoms with Gasteiger partial charge in [0.2, 0.25) is 0 Å². The monoisotopic (exact) mass is 250 g/mol. The van der Waals surface area contributed by atoms with Gasteiger partial charge in [0.1, 0.15) is 0 Å². The fourth-order valence-electron chi connectivity index (χ4n) is 2.17. The van der Waals surface area contributed by atoms with Crippen molar-refractivity contribution in [3.8, 4) is 0 Å². The number of nitrogens with zero attached hydrogens (tertiary/aromatic N) is 1. The maximum absolute atomic E-state index is 9.32. The highest BCUT2D eigenvalue weighted by atomic mass is 16.3. The lowest BCUT2D eigenvalue weighted by Gasteiger charge is -2.36. The minimum absolute atomic E-state index is 0.0757. The zero-order chi connectivity index (χ0) is 13.7. The van der Waals surface area contributed by atoms with Gasteiger partial charge in [-0.25, -0.2) is 0 Å².